The molecule has 1 saturated carbocycles. The average Bonchev–Trinajstić information content (AvgIpc) is 3.02. The number of nitrogens with zero attached hydrogens (tertiary/aromatic N) is 1. The van der Waals surface area contributed by atoms with Crippen LogP contribution < -0.4 is 0 Å². The van der Waals surface area contributed by atoms with Crippen LogP contribution in [0.25, 0.3) is 0 Å². The van der Waals surface area contributed by atoms with Crippen molar-refractivity contribution < 1.29 is 9.53 Å². The zero-order valence-corrected chi connectivity index (χ0v) is 9.00. The third-order valence-corrected chi connectivity index (χ3v) is 3.17. The number of morpholine rings is 1. The van der Waals surface area contributed by atoms with Crippen LogP contribution in [-0.2, 0) is 9.53 Å². The molecule has 2 aliphatic rings. The number of rotatable bonds is 3. The van der Waals surface area contributed by atoms with E-state index >= 15 is 0 Å². The lowest BCUT2D eigenvalue weighted by Gasteiger charge is -2.32. The third-order valence-electron chi connectivity index (χ3n) is 2.82. The van der Waals surface area contributed by atoms with Gasteiger partial charge in [-0.25, -0.2) is 0 Å². The molecule has 1 amide bonds. The summed E-state index contributed by atoms with van der Waals surface area (Å²) in [6.07, 6.45) is 3.23. The Labute approximate surface area is 89.4 Å². The van der Waals surface area contributed by atoms with Gasteiger partial charge in [0.2, 0.25) is 5.91 Å². The monoisotopic (exact) mass is 217 g/mol. The highest BCUT2D eigenvalue weighted by molar-refractivity contribution is 6.18. The zero-order valence-electron chi connectivity index (χ0n) is 8.25. The van der Waals surface area contributed by atoms with Gasteiger partial charge >= 0.3 is 0 Å². The van der Waals surface area contributed by atoms with Crippen molar-refractivity contribution in [2.24, 2.45) is 5.92 Å². The van der Waals surface area contributed by atoms with E-state index in [2.05, 4.69) is 0 Å². The minimum atomic E-state index is 0.0357. The first-order valence-electron chi connectivity index (χ1n) is 5.25. The molecular formula is C10H16ClNO2. The van der Waals surface area contributed by atoms with Gasteiger partial charge in [-0.2, -0.15) is 0 Å². The Balaban J connectivity index is 1.79. The highest BCUT2D eigenvalue weighted by Gasteiger charge is 2.29. The molecular weight excluding hydrogens is 202 g/mol. The molecule has 14 heavy (non-hydrogen) atoms. The van der Waals surface area contributed by atoms with Crippen LogP contribution in [0.4, 0.5) is 0 Å². The van der Waals surface area contributed by atoms with E-state index in [-0.39, 0.29) is 12.0 Å². The summed E-state index contributed by atoms with van der Waals surface area (Å²) in [7, 11) is 0. The van der Waals surface area contributed by atoms with E-state index in [0.717, 1.165) is 13.0 Å². The molecule has 80 valence electrons. The first kappa shape index (κ1) is 10.2. The summed E-state index contributed by atoms with van der Waals surface area (Å²) >= 11 is 5.71. The van der Waals surface area contributed by atoms with E-state index in [1.165, 1.54) is 12.8 Å². The summed E-state index contributed by atoms with van der Waals surface area (Å²) in [5.74, 6) is 1.43. The third kappa shape index (κ3) is 2.61. The normalized spacial score (nSPS) is 27.8. The second-order valence-corrected chi connectivity index (χ2v) is 4.44. The highest BCUT2D eigenvalue weighted by atomic mass is 35.5. The second-order valence-electron chi connectivity index (χ2n) is 4.13. The Morgan fingerprint density at radius 1 is 1.50 bits per heavy atom. The number of hydrogen-bond acceptors (Lipinski definition) is 2. The second kappa shape index (κ2) is 4.49. The lowest BCUT2D eigenvalue weighted by molar-refractivity contribution is -0.138. The standard InChI is InChI=1S/C10H16ClNO2/c11-6-9-7-12(3-4-14-9)10(13)5-8-1-2-8/h8-9H,1-7H2. The van der Waals surface area contributed by atoms with Gasteiger partial charge in [0.05, 0.1) is 18.6 Å². The van der Waals surface area contributed by atoms with Crippen LogP contribution in [0.5, 0.6) is 0 Å². The molecule has 1 aliphatic heterocycles. The van der Waals surface area contributed by atoms with E-state index in [9.17, 15) is 4.79 Å². The van der Waals surface area contributed by atoms with Gasteiger partial charge < -0.3 is 9.64 Å². The molecule has 0 N–H and O–H groups in total. The number of alkyl halides is 1. The number of ether oxygens (including phenoxy) is 1. The Morgan fingerprint density at radius 2 is 2.29 bits per heavy atom. The fourth-order valence-electron chi connectivity index (χ4n) is 1.74. The summed E-state index contributed by atoms with van der Waals surface area (Å²) < 4.78 is 5.40. The van der Waals surface area contributed by atoms with Crippen LogP contribution in [0.15, 0.2) is 0 Å². The lowest BCUT2D eigenvalue weighted by atomic mass is 10.2. The molecule has 3 nitrogen and oxygen atoms in total. The Bertz CT molecular complexity index is 218. The van der Waals surface area contributed by atoms with Crippen LogP contribution in [-0.4, -0.2) is 42.5 Å². The Morgan fingerprint density at radius 3 is 2.93 bits per heavy atom. The summed E-state index contributed by atoms with van der Waals surface area (Å²) in [5, 5.41) is 0. The molecule has 0 aromatic heterocycles. The van der Waals surface area contributed by atoms with Gasteiger partial charge in [0.1, 0.15) is 0 Å². The van der Waals surface area contributed by atoms with Crippen LogP contribution >= 0.6 is 11.6 Å². The SMILES string of the molecule is O=C(CC1CC1)N1CCOC(CCl)C1. The number of carbonyl (C=O) groups is 1. The quantitative estimate of drug-likeness (QED) is 0.666. The summed E-state index contributed by atoms with van der Waals surface area (Å²) in [5.41, 5.74) is 0. The molecule has 0 aromatic carbocycles. The van der Waals surface area contributed by atoms with E-state index in [0.29, 0.717) is 24.9 Å². The van der Waals surface area contributed by atoms with Gasteiger partial charge in [-0.3, -0.25) is 4.79 Å². The molecule has 0 aromatic rings. The van der Waals surface area contributed by atoms with Gasteiger partial charge in [-0.05, 0) is 18.8 Å². The highest BCUT2D eigenvalue weighted by Crippen LogP contribution is 2.33. The van der Waals surface area contributed by atoms with Crippen LogP contribution in [0, 0.1) is 5.92 Å². The van der Waals surface area contributed by atoms with Gasteiger partial charge in [-0.1, -0.05) is 0 Å². The van der Waals surface area contributed by atoms with Crippen molar-refractivity contribution in [2.45, 2.75) is 25.4 Å². The molecule has 0 spiro atoms. The van der Waals surface area contributed by atoms with E-state index in [4.69, 9.17) is 16.3 Å². The molecule has 4 heteroatoms. The molecule has 1 aliphatic carbocycles. The molecule has 1 heterocycles. The molecule has 0 bridgehead atoms. The van der Waals surface area contributed by atoms with Crippen LogP contribution in [0.3, 0.4) is 0 Å². The maximum atomic E-state index is 11.7. The topological polar surface area (TPSA) is 29.5 Å². The van der Waals surface area contributed by atoms with E-state index in [1.807, 2.05) is 4.90 Å². The Hall–Kier alpha value is -0.280. The molecule has 0 radical (unpaired) electrons. The molecule has 2 rings (SSSR count). The van der Waals surface area contributed by atoms with E-state index in [1.54, 1.807) is 0 Å². The number of carbonyl (C=O) groups excluding carboxylic acids is 1. The minimum absolute atomic E-state index is 0.0357. The van der Waals surface area contributed by atoms with E-state index < -0.39 is 0 Å². The zero-order chi connectivity index (χ0) is 9.97. The predicted octanol–water partition coefficient (Wildman–Crippen LogP) is 1.25. The maximum Gasteiger partial charge on any atom is 0.223 e. The van der Waals surface area contributed by atoms with Crippen molar-refractivity contribution in [3.63, 3.8) is 0 Å². The first-order chi connectivity index (χ1) is 6.79. The smallest absolute Gasteiger partial charge is 0.223 e. The van der Waals surface area contributed by atoms with Gasteiger partial charge in [0, 0.05) is 19.5 Å². The molecule has 2 fully saturated rings. The predicted molar refractivity (Wildman–Crippen MR) is 54.4 cm³/mol. The summed E-state index contributed by atoms with van der Waals surface area (Å²) in [4.78, 5) is 13.6. The number of amides is 1. The molecule has 1 atom stereocenters. The summed E-state index contributed by atoms with van der Waals surface area (Å²) in [6, 6.07) is 0. The van der Waals surface area contributed by atoms with Gasteiger partial charge in [-0.15, -0.1) is 11.6 Å². The first-order valence-corrected chi connectivity index (χ1v) is 5.78. The van der Waals surface area contributed by atoms with Crippen molar-refractivity contribution in [1.29, 1.82) is 0 Å². The van der Waals surface area contributed by atoms with Crippen molar-refractivity contribution in [3.05, 3.63) is 0 Å². The largest absolute Gasteiger partial charge is 0.373 e. The van der Waals surface area contributed by atoms with Crippen molar-refractivity contribution in [1.82, 2.24) is 4.90 Å². The lowest BCUT2D eigenvalue weighted by Crippen LogP contribution is -2.46. The minimum Gasteiger partial charge on any atom is -0.373 e. The Kier molecular flexibility index (Phi) is 3.29. The number of hydrogen-bond donors (Lipinski definition) is 0. The molecule has 1 saturated heterocycles. The number of halogens is 1. The maximum absolute atomic E-state index is 11.7. The average molecular weight is 218 g/mol. The van der Waals surface area contributed by atoms with Crippen LogP contribution in [0.2, 0.25) is 0 Å². The van der Waals surface area contributed by atoms with Crippen LogP contribution in [0.1, 0.15) is 19.3 Å². The molecule has 1 unspecified atom stereocenters. The van der Waals surface area contributed by atoms with Gasteiger partial charge in [0.15, 0.2) is 0 Å². The fraction of sp³-hybridized carbons (Fsp3) is 0.900. The van der Waals surface area contributed by atoms with Crippen molar-refractivity contribution in [2.75, 3.05) is 25.6 Å². The summed E-state index contributed by atoms with van der Waals surface area (Å²) in [6.45, 7) is 2.04. The fourth-order valence-corrected chi connectivity index (χ4v) is 1.92. The van der Waals surface area contributed by atoms with Gasteiger partial charge in [0.25, 0.3) is 0 Å². The van der Waals surface area contributed by atoms with Crippen molar-refractivity contribution in [3.8, 4) is 0 Å². The van der Waals surface area contributed by atoms with Crippen molar-refractivity contribution >= 4 is 17.5 Å².